The van der Waals surface area contributed by atoms with Gasteiger partial charge in [0.15, 0.2) is 11.6 Å². The molecule has 1 heterocycles. The molecule has 0 bridgehead atoms. The van der Waals surface area contributed by atoms with E-state index in [2.05, 4.69) is 10.2 Å². The number of amides is 1. The molecule has 1 N–H and O–H groups in total. The Kier molecular flexibility index (Phi) is 5.47. The third kappa shape index (κ3) is 4.27. The van der Waals surface area contributed by atoms with Crippen LogP contribution in [0, 0.1) is 11.6 Å². The van der Waals surface area contributed by atoms with Crippen LogP contribution in [0.25, 0.3) is 0 Å². The molecule has 1 aliphatic rings. The SMILES string of the molecule is O=C(NCCCN1CCCCC1)c1ccc(F)c(F)c1. The van der Waals surface area contributed by atoms with E-state index in [-0.39, 0.29) is 11.5 Å². The van der Waals surface area contributed by atoms with Crippen LogP contribution < -0.4 is 5.32 Å². The number of hydrogen-bond donors (Lipinski definition) is 1. The molecule has 1 aliphatic heterocycles. The number of benzene rings is 1. The lowest BCUT2D eigenvalue weighted by Gasteiger charge is -2.26. The number of nitrogens with zero attached hydrogens (tertiary/aromatic N) is 1. The van der Waals surface area contributed by atoms with Crippen LogP contribution in [-0.2, 0) is 0 Å². The molecule has 0 aromatic heterocycles. The molecule has 1 aromatic rings. The van der Waals surface area contributed by atoms with Gasteiger partial charge in [-0.2, -0.15) is 0 Å². The second-order valence-corrected chi connectivity index (χ2v) is 5.14. The first-order valence-corrected chi connectivity index (χ1v) is 7.12. The molecular formula is C15H20F2N2O. The van der Waals surface area contributed by atoms with Crippen molar-refractivity contribution in [2.24, 2.45) is 0 Å². The molecule has 1 saturated heterocycles. The summed E-state index contributed by atoms with van der Waals surface area (Å²) in [5.74, 6) is -2.29. The van der Waals surface area contributed by atoms with Gasteiger partial charge in [0.2, 0.25) is 0 Å². The fourth-order valence-corrected chi connectivity index (χ4v) is 2.43. The lowest BCUT2D eigenvalue weighted by Crippen LogP contribution is -2.33. The third-order valence-electron chi connectivity index (χ3n) is 3.57. The number of hydrogen-bond acceptors (Lipinski definition) is 2. The summed E-state index contributed by atoms with van der Waals surface area (Å²) in [4.78, 5) is 14.1. The summed E-state index contributed by atoms with van der Waals surface area (Å²) in [6.07, 6.45) is 4.68. The number of halogens is 2. The van der Waals surface area contributed by atoms with Crippen molar-refractivity contribution in [1.82, 2.24) is 10.2 Å². The minimum atomic E-state index is -0.994. The maximum absolute atomic E-state index is 13.0. The largest absolute Gasteiger partial charge is 0.352 e. The molecule has 0 unspecified atom stereocenters. The second kappa shape index (κ2) is 7.33. The lowest BCUT2D eigenvalue weighted by molar-refractivity contribution is 0.0950. The number of piperidine rings is 1. The maximum Gasteiger partial charge on any atom is 0.251 e. The predicted octanol–water partition coefficient (Wildman–Crippen LogP) is 2.57. The van der Waals surface area contributed by atoms with Gasteiger partial charge in [0, 0.05) is 12.1 Å². The van der Waals surface area contributed by atoms with E-state index in [4.69, 9.17) is 0 Å². The van der Waals surface area contributed by atoms with Crippen LogP contribution in [0.5, 0.6) is 0 Å². The van der Waals surface area contributed by atoms with Gasteiger partial charge in [0.1, 0.15) is 0 Å². The number of carbonyl (C=O) groups excluding carboxylic acids is 1. The van der Waals surface area contributed by atoms with Gasteiger partial charge in [-0.1, -0.05) is 6.42 Å². The Hall–Kier alpha value is -1.49. The fraction of sp³-hybridized carbons (Fsp3) is 0.533. The summed E-state index contributed by atoms with van der Waals surface area (Å²) in [7, 11) is 0. The zero-order valence-electron chi connectivity index (χ0n) is 11.5. The van der Waals surface area contributed by atoms with Gasteiger partial charge in [-0.05, 0) is 57.1 Å². The summed E-state index contributed by atoms with van der Waals surface area (Å²) < 4.78 is 25.8. The molecule has 0 saturated carbocycles. The van der Waals surface area contributed by atoms with Crippen molar-refractivity contribution >= 4 is 5.91 Å². The van der Waals surface area contributed by atoms with Crippen molar-refractivity contribution in [3.05, 3.63) is 35.4 Å². The molecule has 5 heteroatoms. The molecule has 1 amide bonds. The van der Waals surface area contributed by atoms with Crippen LogP contribution in [0.15, 0.2) is 18.2 Å². The first-order valence-electron chi connectivity index (χ1n) is 7.12. The Morgan fingerprint density at radius 2 is 1.90 bits per heavy atom. The van der Waals surface area contributed by atoms with Gasteiger partial charge in [-0.25, -0.2) is 8.78 Å². The van der Waals surface area contributed by atoms with Crippen molar-refractivity contribution in [2.75, 3.05) is 26.2 Å². The summed E-state index contributed by atoms with van der Waals surface area (Å²) in [6, 6.07) is 3.19. The summed E-state index contributed by atoms with van der Waals surface area (Å²) in [6.45, 7) is 3.79. The first kappa shape index (κ1) is 14.9. The topological polar surface area (TPSA) is 32.3 Å². The molecule has 0 aliphatic carbocycles. The Labute approximate surface area is 118 Å². The molecular weight excluding hydrogens is 262 g/mol. The smallest absolute Gasteiger partial charge is 0.251 e. The van der Waals surface area contributed by atoms with Crippen LogP contribution in [-0.4, -0.2) is 37.0 Å². The lowest BCUT2D eigenvalue weighted by atomic mass is 10.1. The molecule has 0 spiro atoms. The quantitative estimate of drug-likeness (QED) is 0.842. The van der Waals surface area contributed by atoms with Crippen molar-refractivity contribution < 1.29 is 13.6 Å². The summed E-state index contributed by atoms with van der Waals surface area (Å²) >= 11 is 0. The van der Waals surface area contributed by atoms with Gasteiger partial charge in [-0.3, -0.25) is 4.79 Å². The highest BCUT2D eigenvalue weighted by Crippen LogP contribution is 2.09. The van der Waals surface area contributed by atoms with Gasteiger partial charge in [-0.15, -0.1) is 0 Å². The third-order valence-corrected chi connectivity index (χ3v) is 3.57. The molecule has 20 heavy (non-hydrogen) atoms. The monoisotopic (exact) mass is 282 g/mol. The van der Waals surface area contributed by atoms with Gasteiger partial charge >= 0.3 is 0 Å². The highest BCUT2D eigenvalue weighted by Gasteiger charge is 2.11. The molecule has 110 valence electrons. The van der Waals surface area contributed by atoms with E-state index in [9.17, 15) is 13.6 Å². The van der Waals surface area contributed by atoms with E-state index in [1.807, 2.05) is 0 Å². The van der Waals surface area contributed by atoms with Crippen molar-refractivity contribution in [3.63, 3.8) is 0 Å². The highest BCUT2D eigenvalue weighted by molar-refractivity contribution is 5.94. The van der Waals surface area contributed by atoms with E-state index in [1.165, 1.54) is 25.3 Å². The first-order chi connectivity index (χ1) is 9.66. The van der Waals surface area contributed by atoms with E-state index < -0.39 is 11.6 Å². The van der Waals surface area contributed by atoms with Crippen molar-refractivity contribution in [3.8, 4) is 0 Å². The Balaban J connectivity index is 1.70. The number of likely N-dealkylation sites (tertiary alicyclic amines) is 1. The molecule has 0 radical (unpaired) electrons. The molecule has 0 atom stereocenters. The van der Waals surface area contributed by atoms with Gasteiger partial charge in [0.25, 0.3) is 5.91 Å². The molecule has 3 nitrogen and oxygen atoms in total. The Morgan fingerprint density at radius 3 is 2.60 bits per heavy atom. The van der Waals surface area contributed by atoms with Crippen LogP contribution in [0.1, 0.15) is 36.0 Å². The second-order valence-electron chi connectivity index (χ2n) is 5.14. The highest BCUT2D eigenvalue weighted by atomic mass is 19.2. The van der Waals surface area contributed by atoms with Crippen LogP contribution in [0.2, 0.25) is 0 Å². The van der Waals surface area contributed by atoms with Gasteiger partial charge in [0.05, 0.1) is 0 Å². The van der Waals surface area contributed by atoms with Crippen LogP contribution >= 0.6 is 0 Å². The Bertz CT molecular complexity index is 459. The molecule has 1 fully saturated rings. The maximum atomic E-state index is 13.0. The van der Waals surface area contributed by atoms with Crippen LogP contribution in [0.3, 0.4) is 0 Å². The minimum Gasteiger partial charge on any atom is -0.352 e. The van der Waals surface area contributed by atoms with E-state index in [0.29, 0.717) is 6.54 Å². The molecule has 2 rings (SSSR count). The van der Waals surface area contributed by atoms with Crippen molar-refractivity contribution in [1.29, 1.82) is 0 Å². The van der Waals surface area contributed by atoms with E-state index >= 15 is 0 Å². The zero-order valence-corrected chi connectivity index (χ0v) is 11.5. The average molecular weight is 282 g/mol. The minimum absolute atomic E-state index is 0.155. The zero-order chi connectivity index (χ0) is 14.4. The number of carbonyl (C=O) groups is 1. The average Bonchev–Trinajstić information content (AvgIpc) is 2.47. The number of nitrogens with one attached hydrogen (secondary N) is 1. The van der Waals surface area contributed by atoms with E-state index in [0.717, 1.165) is 38.2 Å². The predicted molar refractivity (Wildman–Crippen MR) is 73.6 cm³/mol. The van der Waals surface area contributed by atoms with Gasteiger partial charge < -0.3 is 10.2 Å². The number of rotatable bonds is 5. The fourth-order valence-electron chi connectivity index (χ4n) is 2.43. The standard InChI is InChI=1S/C15H20F2N2O/c16-13-6-5-12(11-14(13)17)15(20)18-7-4-10-19-8-2-1-3-9-19/h5-6,11H,1-4,7-10H2,(H,18,20). The normalized spacial score (nSPS) is 16.1. The van der Waals surface area contributed by atoms with E-state index in [1.54, 1.807) is 0 Å². The Morgan fingerprint density at radius 1 is 1.15 bits per heavy atom. The summed E-state index contributed by atoms with van der Waals surface area (Å²) in [5, 5.41) is 2.73. The summed E-state index contributed by atoms with van der Waals surface area (Å²) in [5.41, 5.74) is 0.155. The molecule has 1 aromatic carbocycles. The van der Waals surface area contributed by atoms with Crippen LogP contribution in [0.4, 0.5) is 8.78 Å². The van der Waals surface area contributed by atoms with Crippen molar-refractivity contribution in [2.45, 2.75) is 25.7 Å².